The number of benzene rings is 5. The quantitative estimate of drug-likeness (QED) is 0.135. The average molecular weight is 750 g/mol. The molecule has 1 fully saturated rings. The van der Waals surface area contributed by atoms with Gasteiger partial charge in [-0.25, -0.2) is 4.39 Å². The van der Waals surface area contributed by atoms with E-state index in [4.69, 9.17) is 9.47 Å². The molecular formula is C48H48FN3O4. The third kappa shape index (κ3) is 8.67. The molecular weight excluding hydrogens is 702 g/mol. The number of carbonyl (C=O) groups excluding carboxylic acids is 2. The molecule has 0 aliphatic carbocycles. The lowest BCUT2D eigenvalue weighted by Gasteiger charge is -2.41. The Kier molecular flexibility index (Phi) is 11.6. The van der Waals surface area contributed by atoms with Crippen molar-refractivity contribution in [1.82, 2.24) is 4.57 Å². The number of aromatic nitrogens is 1. The first-order valence-corrected chi connectivity index (χ1v) is 19.3. The van der Waals surface area contributed by atoms with Crippen LogP contribution in [0.5, 0.6) is 0 Å². The molecule has 56 heavy (non-hydrogen) atoms. The van der Waals surface area contributed by atoms with Crippen LogP contribution in [0.3, 0.4) is 0 Å². The van der Waals surface area contributed by atoms with E-state index in [0.29, 0.717) is 30.6 Å². The third-order valence-corrected chi connectivity index (χ3v) is 10.1. The molecule has 1 aliphatic heterocycles. The number of anilines is 3. The first-order valence-electron chi connectivity index (χ1n) is 19.3. The van der Waals surface area contributed by atoms with E-state index in [1.165, 1.54) is 12.1 Å². The second kappa shape index (κ2) is 16.9. The zero-order chi connectivity index (χ0) is 39.2. The van der Waals surface area contributed by atoms with E-state index in [9.17, 15) is 14.0 Å². The van der Waals surface area contributed by atoms with E-state index in [2.05, 4.69) is 23.7 Å². The smallest absolute Gasteiger partial charge is 0.258 e. The van der Waals surface area contributed by atoms with Crippen molar-refractivity contribution in [3.63, 3.8) is 0 Å². The van der Waals surface area contributed by atoms with Crippen molar-refractivity contribution in [2.45, 2.75) is 77.4 Å². The summed E-state index contributed by atoms with van der Waals surface area (Å²) in [7, 11) is 0. The van der Waals surface area contributed by atoms with Crippen LogP contribution in [0.1, 0.15) is 68.9 Å². The van der Waals surface area contributed by atoms with Crippen molar-refractivity contribution < 1.29 is 23.5 Å². The number of carbonyl (C=O) groups is 2. The van der Waals surface area contributed by atoms with Crippen molar-refractivity contribution in [3.05, 3.63) is 163 Å². The van der Waals surface area contributed by atoms with Crippen LogP contribution in [-0.4, -0.2) is 34.4 Å². The molecule has 1 N–H and O–H groups in total. The van der Waals surface area contributed by atoms with Gasteiger partial charge in [-0.05, 0) is 98.0 Å². The lowest BCUT2D eigenvalue weighted by molar-refractivity contribution is -0.300. The molecule has 286 valence electrons. The van der Waals surface area contributed by atoms with Crippen LogP contribution >= 0.6 is 0 Å². The number of hydrogen-bond donors (Lipinski definition) is 1. The van der Waals surface area contributed by atoms with Gasteiger partial charge in [0.1, 0.15) is 5.82 Å². The van der Waals surface area contributed by atoms with E-state index in [1.807, 2.05) is 135 Å². The summed E-state index contributed by atoms with van der Waals surface area (Å²) in [5.74, 6) is -1.62. The summed E-state index contributed by atoms with van der Waals surface area (Å²) in [5.41, 5.74) is 7.01. The number of nitrogens with zero attached hydrogens (tertiary/aromatic N) is 2. The number of halogens is 1. The molecule has 0 bridgehead atoms. The standard InChI is InChI=1S/C48H48FN3O4/c1-33(2)45-44(47(54)50-37-19-11-6-12-20-37)43(34-17-9-5-10-18-34)46(35-25-27-36(49)28-26-35)51(45)30-29-40-31-41(56-48(3,4)55-40)32-42(53)52(38-21-13-7-14-22-38)39-23-15-8-16-24-39/h5-28,33,40-41H,29-32H2,1-4H3,(H,50,54)/t40-,41?/m1/s1. The van der Waals surface area contributed by atoms with Crippen molar-refractivity contribution in [2.75, 3.05) is 10.2 Å². The zero-order valence-electron chi connectivity index (χ0n) is 32.3. The molecule has 6 aromatic rings. The first kappa shape index (κ1) is 38.4. The Labute approximate surface area is 328 Å². The van der Waals surface area contributed by atoms with Crippen LogP contribution in [0.4, 0.5) is 21.5 Å². The molecule has 5 aromatic carbocycles. The van der Waals surface area contributed by atoms with Gasteiger partial charge in [0.15, 0.2) is 5.79 Å². The molecule has 8 heteroatoms. The number of para-hydroxylation sites is 3. The zero-order valence-corrected chi connectivity index (χ0v) is 32.3. The Morgan fingerprint density at radius 3 is 1.86 bits per heavy atom. The van der Waals surface area contributed by atoms with E-state index in [0.717, 1.165) is 39.5 Å². The monoisotopic (exact) mass is 749 g/mol. The van der Waals surface area contributed by atoms with Gasteiger partial charge in [0, 0.05) is 41.3 Å². The summed E-state index contributed by atoms with van der Waals surface area (Å²) in [5, 5.41) is 3.15. The van der Waals surface area contributed by atoms with Gasteiger partial charge >= 0.3 is 0 Å². The molecule has 2 amide bonds. The summed E-state index contributed by atoms with van der Waals surface area (Å²) in [4.78, 5) is 30.4. The SMILES string of the molecule is CC(C)c1c(C(=O)Nc2ccccc2)c(-c2ccccc2)c(-c2ccc(F)cc2)n1CC[C@@H]1CC(CC(=O)N(c2ccccc2)c2ccccc2)OC(C)(C)O1. The Balaban J connectivity index is 1.24. The molecule has 0 saturated carbocycles. The second-order valence-electron chi connectivity index (χ2n) is 15.0. The lowest BCUT2D eigenvalue weighted by Crippen LogP contribution is -2.46. The van der Waals surface area contributed by atoms with Crippen LogP contribution in [0, 0.1) is 5.82 Å². The third-order valence-electron chi connectivity index (χ3n) is 10.1. The number of nitrogens with one attached hydrogen (secondary N) is 1. The molecule has 1 aliphatic rings. The summed E-state index contributed by atoms with van der Waals surface area (Å²) in [6.45, 7) is 8.47. The summed E-state index contributed by atoms with van der Waals surface area (Å²) >= 11 is 0. The Morgan fingerprint density at radius 1 is 0.750 bits per heavy atom. The van der Waals surface area contributed by atoms with Crippen molar-refractivity contribution in [3.8, 4) is 22.4 Å². The highest BCUT2D eigenvalue weighted by molar-refractivity contribution is 6.12. The predicted molar refractivity (Wildman–Crippen MR) is 221 cm³/mol. The van der Waals surface area contributed by atoms with Gasteiger partial charge in [-0.15, -0.1) is 0 Å². The number of hydrogen-bond acceptors (Lipinski definition) is 4. The second-order valence-corrected chi connectivity index (χ2v) is 15.0. The summed E-state index contributed by atoms with van der Waals surface area (Å²) in [6.07, 6.45) is 0.586. The highest BCUT2D eigenvalue weighted by Gasteiger charge is 2.38. The topological polar surface area (TPSA) is 72.8 Å². The Hall–Kier alpha value is -5.83. The van der Waals surface area contributed by atoms with Crippen LogP contribution < -0.4 is 10.2 Å². The number of rotatable bonds is 12. The van der Waals surface area contributed by atoms with Crippen LogP contribution in [0.15, 0.2) is 146 Å². The van der Waals surface area contributed by atoms with Crippen molar-refractivity contribution in [2.24, 2.45) is 0 Å². The molecule has 1 aromatic heterocycles. The van der Waals surface area contributed by atoms with Gasteiger partial charge in [0.2, 0.25) is 5.91 Å². The van der Waals surface area contributed by atoms with Crippen LogP contribution in [-0.2, 0) is 20.8 Å². The molecule has 0 spiro atoms. The van der Waals surface area contributed by atoms with Gasteiger partial charge in [0.25, 0.3) is 5.91 Å². The van der Waals surface area contributed by atoms with E-state index >= 15 is 0 Å². The summed E-state index contributed by atoms with van der Waals surface area (Å²) < 4.78 is 29.6. The fourth-order valence-corrected chi connectivity index (χ4v) is 7.88. The molecule has 2 heterocycles. The minimum absolute atomic E-state index is 0.0532. The highest BCUT2D eigenvalue weighted by Crippen LogP contribution is 2.43. The van der Waals surface area contributed by atoms with Gasteiger partial charge < -0.3 is 19.4 Å². The first-order chi connectivity index (χ1) is 27.1. The molecule has 7 nitrogen and oxygen atoms in total. The Morgan fingerprint density at radius 2 is 1.29 bits per heavy atom. The van der Waals surface area contributed by atoms with Gasteiger partial charge in [-0.2, -0.15) is 0 Å². The van der Waals surface area contributed by atoms with Gasteiger partial charge in [-0.3, -0.25) is 14.5 Å². The van der Waals surface area contributed by atoms with Crippen molar-refractivity contribution in [1.29, 1.82) is 0 Å². The minimum atomic E-state index is -0.939. The molecule has 1 saturated heterocycles. The van der Waals surface area contributed by atoms with Crippen LogP contribution in [0.2, 0.25) is 0 Å². The van der Waals surface area contributed by atoms with E-state index in [1.54, 1.807) is 17.0 Å². The normalized spacial score (nSPS) is 16.4. The lowest BCUT2D eigenvalue weighted by atomic mass is 9.94. The van der Waals surface area contributed by atoms with Gasteiger partial charge in [0.05, 0.1) is 29.9 Å². The average Bonchev–Trinajstić information content (AvgIpc) is 3.54. The Bertz CT molecular complexity index is 2200. The van der Waals surface area contributed by atoms with Crippen molar-refractivity contribution >= 4 is 28.9 Å². The van der Waals surface area contributed by atoms with Crippen LogP contribution in [0.25, 0.3) is 22.4 Å². The predicted octanol–water partition coefficient (Wildman–Crippen LogP) is 11.4. The van der Waals surface area contributed by atoms with Gasteiger partial charge in [-0.1, -0.05) is 98.8 Å². The van der Waals surface area contributed by atoms with E-state index in [-0.39, 0.29) is 36.1 Å². The van der Waals surface area contributed by atoms with E-state index < -0.39 is 11.9 Å². The molecule has 1 unspecified atom stereocenters. The summed E-state index contributed by atoms with van der Waals surface area (Å²) in [6, 6.07) is 45.1. The fraction of sp³-hybridized carbons (Fsp3) is 0.250. The largest absolute Gasteiger partial charge is 0.347 e. The number of amides is 2. The minimum Gasteiger partial charge on any atom is -0.347 e. The highest BCUT2D eigenvalue weighted by atomic mass is 19.1. The fourth-order valence-electron chi connectivity index (χ4n) is 7.88. The molecule has 7 rings (SSSR count). The molecule has 0 radical (unpaired) electrons. The maximum atomic E-state index is 14.5. The number of ether oxygens (including phenoxy) is 2. The maximum absolute atomic E-state index is 14.5. The maximum Gasteiger partial charge on any atom is 0.258 e. The molecule has 2 atom stereocenters.